The van der Waals surface area contributed by atoms with Gasteiger partial charge in [0.2, 0.25) is 10.0 Å². The van der Waals surface area contributed by atoms with Gasteiger partial charge in [-0.1, -0.05) is 0 Å². The van der Waals surface area contributed by atoms with Crippen LogP contribution in [0.25, 0.3) is 0 Å². The third kappa shape index (κ3) is 2.38. The Labute approximate surface area is 94.5 Å². The number of ether oxygens (including phenoxy) is 1. The molecular weight excluding hydrogens is 258 g/mol. The SMILES string of the molecule is COC(=O)c1sc(C(=O)O)cc1S(N)(=O)=O. The number of nitrogens with two attached hydrogens (primary N) is 1. The summed E-state index contributed by atoms with van der Waals surface area (Å²) in [7, 11) is -3.10. The molecule has 9 heteroatoms. The van der Waals surface area contributed by atoms with E-state index in [2.05, 4.69) is 4.74 Å². The maximum Gasteiger partial charge on any atom is 0.349 e. The minimum Gasteiger partial charge on any atom is -0.477 e. The lowest BCUT2D eigenvalue weighted by atomic mass is 10.4. The number of carbonyl (C=O) groups is 2. The number of carbonyl (C=O) groups excluding carboxylic acids is 1. The molecule has 1 rings (SSSR count). The molecule has 0 saturated heterocycles. The standard InChI is InChI=1S/C7H7NO6S2/c1-14-7(11)5-4(16(8,12)13)2-3(15-5)6(9)10/h2H,1H3,(H,9,10)(H2,8,12,13). The van der Waals surface area contributed by atoms with E-state index in [1.54, 1.807) is 0 Å². The van der Waals surface area contributed by atoms with Gasteiger partial charge in [-0.05, 0) is 6.07 Å². The average Bonchev–Trinajstić information content (AvgIpc) is 2.60. The van der Waals surface area contributed by atoms with Crippen LogP contribution in [0, 0.1) is 0 Å². The zero-order valence-corrected chi connectivity index (χ0v) is 9.59. The van der Waals surface area contributed by atoms with Crippen molar-refractivity contribution in [3.8, 4) is 0 Å². The summed E-state index contributed by atoms with van der Waals surface area (Å²) >= 11 is 0.494. The zero-order chi connectivity index (χ0) is 12.5. The fourth-order valence-electron chi connectivity index (χ4n) is 0.926. The second-order valence-corrected chi connectivity index (χ2v) is 5.23. The van der Waals surface area contributed by atoms with Gasteiger partial charge in [0.15, 0.2) is 0 Å². The van der Waals surface area contributed by atoms with E-state index in [0.29, 0.717) is 11.3 Å². The van der Waals surface area contributed by atoms with Crippen LogP contribution in [0.3, 0.4) is 0 Å². The normalized spacial score (nSPS) is 11.1. The monoisotopic (exact) mass is 265 g/mol. The Morgan fingerprint density at radius 1 is 1.50 bits per heavy atom. The third-order valence-electron chi connectivity index (χ3n) is 1.59. The molecule has 0 amide bonds. The molecule has 0 spiro atoms. The lowest BCUT2D eigenvalue weighted by molar-refractivity contribution is 0.0601. The van der Waals surface area contributed by atoms with Gasteiger partial charge in [-0.25, -0.2) is 23.1 Å². The van der Waals surface area contributed by atoms with Crippen LogP contribution in [0.1, 0.15) is 19.3 Å². The highest BCUT2D eigenvalue weighted by molar-refractivity contribution is 7.89. The van der Waals surface area contributed by atoms with Crippen LogP contribution < -0.4 is 5.14 Å². The van der Waals surface area contributed by atoms with Crippen molar-refractivity contribution >= 4 is 33.3 Å². The summed E-state index contributed by atoms with van der Waals surface area (Å²) < 4.78 is 26.5. The van der Waals surface area contributed by atoms with Crippen molar-refractivity contribution in [2.75, 3.05) is 7.11 Å². The molecule has 1 aromatic heterocycles. The van der Waals surface area contributed by atoms with E-state index >= 15 is 0 Å². The zero-order valence-electron chi connectivity index (χ0n) is 7.96. The predicted octanol–water partition coefficient (Wildman–Crippen LogP) is -0.120. The molecule has 0 aliphatic carbocycles. The van der Waals surface area contributed by atoms with E-state index in [1.807, 2.05) is 0 Å². The summed E-state index contributed by atoms with van der Waals surface area (Å²) in [4.78, 5) is 20.6. The Kier molecular flexibility index (Phi) is 3.31. The molecule has 1 aromatic rings. The van der Waals surface area contributed by atoms with Crippen LogP contribution in [0.4, 0.5) is 0 Å². The largest absolute Gasteiger partial charge is 0.477 e. The smallest absolute Gasteiger partial charge is 0.349 e. The van der Waals surface area contributed by atoms with Crippen molar-refractivity contribution in [1.82, 2.24) is 0 Å². The lowest BCUT2D eigenvalue weighted by Gasteiger charge is -1.98. The van der Waals surface area contributed by atoms with Crippen molar-refractivity contribution in [3.63, 3.8) is 0 Å². The molecule has 0 atom stereocenters. The molecule has 0 bridgehead atoms. The minimum atomic E-state index is -4.16. The average molecular weight is 265 g/mol. The molecule has 3 N–H and O–H groups in total. The van der Waals surface area contributed by atoms with Crippen LogP contribution in [0.2, 0.25) is 0 Å². The molecule has 0 saturated carbocycles. The van der Waals surface area contributed by atoms with Crippen molar-refractivity contribution in [2.24, 2.45) is 5.14 Å². The van der Waals surface area contributed by atoms with Gasteiger partial charge in [-0.2, -0.15) is 0 Å². The molecular formula is C7H7NO6S2. The van der Waals surface area contributed by atoms with Crippen molar-refractivity contribution in [2.45, 2.75) is 4.90 Å². The highest BCUT2D eigenvalue weighted by Gasteiger charge is 2.26. The van der Waals surface area contributed by atoms with E-state index in [0.717, 1.165) is 13.2 Å². The quantitative estimate of drug-likeness (QED) is 0.734. The minimum absolute atomic E-state index is 0.301. The maximum absolute atomic E-state index is 11.2. The number of hydrogen-bond donors (Lipinski definition) is 2. The molecule has 16 heavy (non-hydrogen) atoms. The molecule has 0 aromatic carbocycles. The summed E-state index contributed by atoms with van der Waals surface area (Å²) in [5, 5.41) is 13.5. The van der Waals surface area contributed by atoms with Gasteiger partial charge in [0.1, 0.15) is 14.6 Å². The molecule has 0 aliphatic heterocycles. The Balaban J connectivity index is 3.47. The molecule has 7 nitrogen and oxygen atoms in total. The molecule has 0 unspecified atom stereocenters. The number of primary sulfonamides is 1. The molecule has 0 radical (unpaired) electrons. The number of carboxylic acid groups (broad SMARTS) is 1. The number of rotatable bonds is 3. The second kappa shape index (κ2) is 4.20. The summed E-state index contributed by atoms with van der Waals surface area (Å²) in [6.45, 7) is 0. The Hall–Kier alpha value is -1.45. The third-order valence-corrected chi connectivity index (χ3v) is 3.75. The first kappa shape index (κ1) is 12.6. The van der Waals surface area contributed by atoms with Gasteiger partial charge in [-0.15, -0.1) is 11.3 Å². The summed E-state index contributed by atoms with van der Waals surface area (Å²) in [5.74, 6) is -2.29. The van der Waals surface area contributed by atoms with E-state index in [1.165, 1.54) is 0 Å². The van der Waals surface area contributed by atoms with E-state index in [-0.39, 0.29) is 9.75 Å². The maximum atomic E-state index is 11.2. The number of sulfonamides is 1. The second-order valence-electron chi connectivity index (χ2n) is 2.65. The fourth-order valence-corrected chi connectivity index (χ4v) is 2.91. The first-order valence-corrected chi connectivity index (χ1v) is 6.12. The van der Waals surface area contributed by atoms with Crippen molar-refractivity contribution < 1.29 is 27.9 Å². The fraction of sp³-hybridized carbons (Fsp3) is 0.143. The molecule has 0 fully saturated rings. The van der Waals surface area contributed by atoms with Crippen molar-refractivity contribution in [1.29, 1.82) is 0 Å². The Morgan fingerprint density at radius 2 is 2.06 bits per heavy atom. The van der Waals surface area contributed by atoms with Crippen LogP contribution in [0.5, 0.6) is 0 Å². The van der Waals surface area contributed by atoms with Gasteiger partial charge in [0.25, 0.3) is 0 Å². The number of aromatic carboxylic acids is 1. The summed E-state index contributed by atoms with van der Waals surface area (Å²) in [6.07, 6.45) is 0. The number of hydrogen-bond acceptors (Lipinski definition) is 6. The van der Waals surface area contributed by atoms with Gasteiger partial charge >= 0.3 is 11.9 Å². The number of esters is 1. The van der Waals surface area contributed by atoms with Gasteiger partial charge in [-0.3, -0.25) is 0 Å². The van der Waals surface area contributed by atoms with Crippen LogP contribution in [-0.2, 0) is 14.8 Å². The van der Waals surface area contributed by atoms with Gasteiger partial charge in [0, 0.05) is 0 Å². The highest BCUT2D eigenvalue weighted by atomic mass is 32.2. The summed E-state index contributed by atoms with van der Waals surface area (Å²) in [6, 6.07) is 0.828. The van der Waals surface area contributed by atoms with Crippen LogP contribution in [-0.4, -0.2) is 32.6 Å². The predicted molar refractivity (Wildman–Crippen MR) is 54.0 cm³/mol. The first-order chi connectivity index (χ1) is 7.27. The lowest BCUT2D eigenvalue weighted by Crippen LogP contribution is -2.15. The number of carboxylic acids is 1. The van der Waals surface area contributed by atoms with E-state index < -0.39 is 26.9 Å². The Morgan fingerprint density at radius 3 is 2.44 bits per heavy atom. The van der Waals surface area contributed by atoms with Crippen LogP contribution >= 0.6 is 11.3 Å². The first-order valence-electron chi connectivity index (χ1n) is 3.75. The number of methoxy groups -OCH3 is 1. The van der Waals surface area contributed by atoms with Gasteiger partial charge in [0.05, 0.1) is 7.11 Å². The Bertz CT molecular complexity index is 543. The summed E-state index contributed by atoms with van der Waals surface area (Å²) in [5.41, 5.74) is 0. The number of thiophene rings is 1. The topological polar surface area (TPSA) is 124 Å². The molecule has 88 valence electrons. The van der Waals surface area contributed by atoms with Crippen molar-refractivity contribution in [3.05, 3.63) is 15.8 Å². The highest BCUT2D eigenvalue weighted by Crippen LogP contribution is 2.26. The van der Waals surface area contributed by atoms with Crippen LogP contribution in [0.15, 0.2) is 11.0 Å². The van der Waals surface area contributed by atoms with Gasteiger partial charge < -0.3 is 9.84 Å². The van der Waals surface area contributed by atoms with E-state index in [4.69, 9.17) is 10.2 Å². The molecule has 1 heterocycles. The molecule has 0 aliphatic rings. The van der Waals surface area contributed by atoms with E-state index in [9.17, 15) is 18.0 Å².